The topological polar surface area (TPSA) is 26.0 Å². The van der Waals surface area contributed by atoms with Crippen molar-refractivity contribution in [2.75, 3.05) is 0 Å². The molecule has 2 N–H and O–H groups in total. The molecule has 0 fully saturated rings. The number of rotatable bonds is 2. The van der Waals surface area contributed by atoms with Crippen LogP contribution in [0.2, 0.25) is 5.02 Å². The van der Waals surface area contributed by atoms with E-state index < -0.39 is 29.3 Å². The molecule has 0 amide bonds. The highest BCUT2D eigenvalue weighted by Gasteiger charge is 2.20. The molecule has 0 aliphatic carbocycles. The van der Waals surface area contributed by atoms with Gasteiger partial charge in [0.05, 0.1) is 6.04 Å². The van der Waals surface area contributed by atoms with E-state index in [1.165, 1.54) is 12.1 Å². The van der Waals surface area contributed by atoms with Crippen molar-refractivity contribution >= 4 is 11.6 Å². The molecule has 6 heteroatoms. The summed E-state index contributed by atoms with van der Waals surface area (Å²) in [6, 6.07) is 3.76. The molecule has 0 aromatic heterocycles. The standard InChI is InChI=1S/C13H8ClF4N/c14-8-5-11(17)10(16)4-7(8)13(19)6-2-1-3-9(15)12(6)18/h1-5,13H,19H2. The van der Waals surface area contributed by atoms with Gasteiger partial charge in [-0.3, -0.25) is 0 Å². The van der Waals surface area contributed by atoms with Crippen molar-refractivity contribution in [1.82, 2.24) is 0 Å². The molecule has 1 nitrogen and oxygen atoms in total. The first-order chi connectivity index (χ1) is 8.91. The van der Waals surface area contributed by atoms with E-state index in [1.807, 2.05) is 0 Å². The van der Waals surface area contributed by atoms with Crippen LogP contribution >= 0.6 is 11.6 Å². The Labute approximate surface area is 111 Å². The average molecular weight is 290 g/mol. The number of benzene rings is 2. The van der Waals surface area contributed by atoms with Crippen LogP contribution in [0.25, 0.3) is 0 Å². The molecular weight excluding hydrogens is 282 g/mol. The van der Waals surface area contributed by atoms with Crippen molar-refractivity contribution < 1.29 is 17.6 Å². The van der Waals surface area contributed by atoms with Crippen LogP contribution in [0.5, 0.6) is 0 Å². The molecule has 0 heterocycles. The lowest BCUT2D eigenvalue weighted by molar-refractivity contribution is 0.492. The summed E-state index contributed by atoms with van der Waals surface area (Å²) in [7, 11) is 0. The maximum atomic E-state index is 13.6. The Bertz CT molecular complexity index is 630. The molecule has 2 rings (SSSR count). The highest BCUT2D eigenvalue weighted by atomic mass is 35.5. The summed E-state index contributed by atoms with van der Waals surface area (Å²) in [5.41, 5.74) is 5.52. The summed E-state index contributed by atoms with van der Waals surface area (Å²) in [4.78, 5) is 0. The minimum atomic E-state index is -1.20. The van der Waals surface area contributed by atoms with E-state index in [0.29, 0.717) is 0 Å². The van der Waals surface area contributed by atoms with Gasteiger partial charge in [-0.25, -0.2) is 17.6 Å². The molecule has 1 unspecified atom stereocenters. The van der Waals surface area contributed by atoms with Crippen molar-refractivity contribution in [2.24, 2.45) is 5.73 Å². The summed E-state index contributed by atoms with van der Waals surface area (Å²) in [6.07, 6.45) is 0. The van der Waals surface area contributed by atoms with Crippen LogP contribution < -0.4 is 5.73 Å². The molecule has 0 bridgehead atoms. The predicted molar refractivity (Wildman–Crippen MR) is 63.8 cm³/mol. The van der Waals surface area contributed by atoms with Gasteiger partial charge in [-0.1, -0.05) is 23.7 Å². The Morgan fingerprint density at radius 1 is 0.895 bits per heavy atom. The van der Waals surface area contributed by atoms with Crippen LogP contribution in [0.1, 0.15) is 17.2 Å². The van der Waals surface area contributed by atoms with Crippen molar-refractivity contribution in [3.8, 4) is 0 Å². The second kappa shape index (κ2) is 5.19. The first-order valence-corrected chi connectivity index (χ1v) is 5.63. The van der Waals surface area contributed by atoms with Gasteiger partial charge in [-0.2, -0.15) is 0 Å². The zero-order valence-electron chi connectivity index (χ0n) is 9.43. The van der Waals surface area contributed by atoms with Gasteiger partial charge >= 0.3 is 0 Å². The fraction of sp³-hybridized carbons (Fsp3) is 0.0769. The van der Waals surface area contributed by atoms with Crippen LogP contribution in [0.4, 0.5) is 17.6 Å². The summed E-state index contributed by atoms with van der Waals surface area (Å²) >= 11 is 5.74. The highest BCUT2D eigenvalue weighted by molar-refractivity contribution is 6.31. The van der Waals surface area contributed by atoms with Crippen LogP contribution in [0.3, 0.4) is 0 Å². The lowest BCUT2D eigenvalue weighted by Gasteiger charge is -2.15. The highest BCUT2D eigenvalue weighted by Crippen LogP contribution is 2.30. The van der Waals surface area contributed by atoms with Gasteiger partial charge in [0.25, 0.3) is 0 Å². The normalized spacial score (nSPS) is 12.5. The van der Waals surface area contributed by atoms with E-state index in [0.717, 1.165) is 18.2 Å². The van der Waals surface area contributed by atoms with Crippen molar-refractivity contribution in [2.45, 2.75) is 6.04 Å². The monoisotopic (exact) mass is 289 g/mol. The maximum absolute atomic E-state index is 13.6. The lowest BCUT2D eigenvalue weighted by Crippen LogP contribution is -2.15. The van der Waals surface area contributed by atoms with Gasteiger partial charge in [-0.05, 0) is 23.8 Å². The smallest absolute Gasteiger partial charge is 0.163 e. The second-order valence-corrected chi connectivity index (χ2v) is 4.32. The summed E-state index contributed by atoms with van der Waals surface area (Å²) in [5.74, 6) is -4.52. The van der Waals surface area contributed by atoms with Crippen LogP contribution in [0, 0.1) is 23.3 Å². The van der Waals surface area contributed by atoms with Crippen molar-refractivity contribution in [1.29, 1.82) is 0 Å². The number of halogens is 5. The van der Waals surface area contributed by atoms with E-state index in [4.69, 9.17) is 17.3 Å². The Morgan fingerprint density at radius 2 is 1.53 bits per heavy atom. The zero-order chi connectivity index (χ0) is 14.2. The van der Waals surface area contributed by atoms with E-state index in [2.05, 4.69) is 0 Å². The third kappa shape index (κ3) is 2.57. The SMILES string of the molecule is NC(c1cc(F)c(F)cc1Cl)c1cccc(F)c1F. The molecule has 2 aromatic rings. The van der Waals surface area contributed by atoms with Crippen molar-refractivity contribution in [3.05, 3.63) is 69.8 Å². The molecule has 100 valence electrons. The van der Waals surface area contributed by atoms with E-state index in [9.17, 15) is 17.6 Å². The van der Waals surface area contributed by atoms with Crippen LogP contribution in [0.15, 0.2) is 30.3 Å². The third-order valence-electron chi connectivity index (χ3n) is 2.69. The largest absolute Gasteiger partial charge is 0.320 e. The van der Waals surface area contributed by atoms with E-state index in [-0.39, 0.29) is 16.1 Å². The molecule has 2 aromatic carbocycles. The molecule has 0 saturated carbocycles. The number of hydrogen-bond donors (Lipinski definition) is 1. The summed E-state index contributed by atoms with van der Waals surface area (Å²) in [6.45, 7) is 0. The summed E-state index contributed by atoms with van der Waals surface area (Å²) < 4.78 is 52.8. The summed E-state index contributed by atoms with van der Waals surface area (Å²) in [5, 5.41) is -0.157. The fourth-order valence-corrected chi connectivity index (χ4v) is 1.97. The van der Waals surface area contributed by atoms with Crippen molar-refractivity contribution in [3.63, 3.8) is 0 Å². The first kappa shape index (κ1) is 13.8. The van der Waals surface area contributed by atoms with Crippen LogP contribution in [-0.2, 0) is 0 Å². The predicted octanol–water partition coefficient (Wildman–Crippen LogP) is 3.94. The molecule has 0 saturated heterocycles. The van der Waals surface area contributed by atoms with Gasteiger partial charge < -0.3 is 5.73 Å². The first-order valence-electron chi connectivity index (χ1n) is 5.25. The van der Waals surface area contributed by atoms with E-state index in [1.54, 1.807) is 0 Å². The third-order valence-corrected chi connectivity index (χ3v) is 3.02. The Balaban J connectivity index is 2.53. The van der Waals surface area contributed by atoms with Gasteiger partial charge in [0.2, 0.25) is 0 Å². The van der Waals surface area contributed by atoms with Gasteiger partial charge in [0.15, 0.2) is 23.3 Å². The minimum Gasteiger partial charge on any atom is -0.320 e. The Hall–Kier alpha value is -1.59. The fourth-order valence-electron chi connectivity index (χ4n) is 1.70. The van der Waals surface area contributed by atoms with Gasteiger partial charge in [0, 0.05) is 10.6 Å². The maximum Gasteiger partial charge on any atom is 0.163 e. The van der Waals surface area contributed by atoms with Crippen LogP contribution in [-0.4, -0.2) is 0 Å². The minimum absolute atomic E-state index is 0.0231. The molecule has 0 aliphatic heterocycles. The van der Waals surface area contributed by atoms with Gasteiger partial charge in [0.1, 0.15) is 0 Å². The Morgan fingerprint density at radius 3 is 2.21 bits per heavy atom. The van der Waals surface area contributed by atoms with Gasteiger partial charge in [-0.15, -0.1) is 0 Å². The molecule has 0 radical (unpaired) electrons. The number of hydrogen-bond acceptors (Lipinski definition) is 1. The lowest BCUT2D eigenvalue weighted by atomic mass is 9.98. The molecule has 0 aliphatic rings. The second-order valence-electron chi connectivity index (χ2n) is 3.91. The molecule has 0 spiro atoms. The Kier molecular flexibility index (Phi) is 3.78. The quantitative estimate of drug-likeness (QED) is 0.657. The average Bonchev–Trinajstić information content (AvgIpc) is 2.36. The van der Waals surface area contributed by atoms with E-state index >= 15 is 0 Å². The zero-order valence-corrected chi connectivity index (χ0v) is 10.2. The molecule has 1 atom stereocenters. The molecule has 19 heavy (non-hydrogen) atoms. The molecular formula is C13H8ClF4N. The number of nitrogens with two attached hydrogens (primary N) is 1.